The summed E-state index contributed by atoms with van der Waals surface area (Å²) >= 11 is 1.48. The zero-order chi connectivity index (χ0) is 14.4. The third-order valence-electron chi connectivity index (χ3n) is 3.18. The standard InChI is InChI=1S/C16H18FNOS/c1-2-18(14-7-3-6-13(17)12-14)10-4-8-15(19)16-9-5-11-20-16/h3,5-7,9,11-12H,2,4,8,10H2,1H3. The van der Waals surface area contributed by atoms with Crippen molar-refractivity contribution in [1.82, 2.24) is 0 Å². The molecule has 0 radical (unpaired) electrons. The third kappa shape index (κ3) is 3.90. The molecule has 0 bridgehead atoms. The van der Waals surface area contributed by atoms with Crippen molar-refractivity contribution in [3.05, 3.63) is 52.5 Å². The van der Waals surface area contributed by atoms with E-state index in [-0.39, 0.29) is 11.6 Å². The topological polar surface area (TPSA) is 20.3 Å². The second kappa shape index (κ2) is 7.20. The zero-order valence-corrected chi connectivity index (χ0v) is 12.3. The summed E-state index contributed by atoms with van der Waals surface area (Å²) in [5.41, 5.74) is 0.871. The molecule has 0 spiro atoms. The van der Waals surface area contributed by atoms with Crippen molar-refractivity contribution >= 4 is 22.8 Å². The fourth-order valence-electron chi connectivity index (χ4n) is 2.13. The summed E-state index contributed by atoms with van der Waals surface area (Å²) in [4.78, 5) is 14.8. The fraction of sp³-hybridized carbons (Fsp3) is 0.312. The summed E-state index contributed by atoms with van der Waals surface area (Å²) in [5.74, 6) is -0.0362. The third-order valence-corrected chi connectivity index (χ3v) is 4.09. The summed E-state index contributed by atoms with van der Waals surface area (Å²) in [6.07, 6.45) is 1.31. The van der Waals surface area contributed by atoms with Gasteiger partial charge in [-0.1, -0.05) is 12.1 Å². The summed E-state index contributed by atoms with van der Waals surface area (Å²) in [6, 6.07) is 10.3. The number of benzene rings is 1. The van der Waals surface area contributed by atoms with Crippen LogP contribution in [0.3, 0.4) is 0 Å². The number of carbonyl (C=O) groups is 1. The van der Waals surface area contributed by atoms with Gasteiger partial charge in [0.2, 0.25) is 0 Å². The van der Waals surface area contributed by atoms with Crippen LogP contribution in [0.25, 0.3) is 0 Å². The minimum atomic E-state index is -0.226. The van der Waals surface area contributed by atoms with Crippen molar-refractivity contribution in [2.24, 2.45) is 0 Å². The van der Waals surface area contributed by atoms with Crippen LogP contribution in [0, 0.1) is 5.82 Å². The van der Waals surface area contributed by atoms with Crippen molar-refractivity contribution in [2.75, 3.05) is 18.0 Å². The highest BCUT2D eigenvalue weighted by molar-refractivity contribution is 7.12. The van der Waals surface area contributed by atoms with Gasteiger partial charge in [0.25, 0.3) is 0 Å². The maximum Gasteiger partial charge on any atom is 0.172 e. The lowest BCUT2D eigenvalue weighted by atomic mass is 10.2. The Bertz CT molecular complexity index is 553. The van der Waals surface area contributed by atoms with Crippen LogP contribution in [0.2, 0.25) is 0 Å². The van der Waals surface area contributed by atoms with Gasteiger partial charge in [-0.3, -0.25) is 4.79 Å². The van der Waals surface area contributed by atoms with Gasteiger partial charge < -0.3 is 4.90 Å². The molecule has 0 aliphatic rings. The van der Waals surface area contributed by atoms with E-state index >= 15 is 0 Å². The lowest BCUT2D eigenvalue weighted by Gasteiger charge is -2.22. The number of carbonyl (C=O) groups excluding carboxylic acids is 1. The minimum Gasteiger partial charge on any atom is -0.372 e. The minimum absolute atomic E-state index is 0.190. The molecule has 0 atom stereocenters. The molecule has 1 heterocycles. The number of halogens is 1. The molecule has 106 valence electrons. The van der Waals surface area contributed by atoms with Crippen LogP contribution < -0.4 is 4.90 Å². The molecule has 0 fully saturated rings. The van der Waals surface area contributed by atoms with Crippen molar-refractivity contribution in [3.63, 3.8) is 0 Å². The smallest absolute Gasteiger partial charge is 0.172 e. The molecular weight excluding hydrogens is 273 g/mol. The quantitative estimate of drug-likeness (QED) is 0.706. The SMILES string of the molecule is CCN(CCCC(=O)c1cccs1)c1cccc(F)c1. The van der Waals surface area contributed by atoms with Crippen molar-refractivity contribution < 1.29 is 9.18 Å². The number of ketones is 1. The molecule has 0 N–H and O–H groups in total. The molecule has 2 rings (SSSR count). The molecule has 2 nitrogen and oxygen atoms in total. The van der Waals surface area contributed by atoms with E-state index in [9.17, 15) is 9.18 Å². The van der Waals surface area contributed by atoms with Gasteiger partial charge in [-0.15, -0.1) is 11.3 Å². The van der Waals surface area contributed by atoms with E-state index in [1.165, 1.54) is 23.5 Å². The molecule has 0 saturated carbocycles. The van der Waals surface area contributed by atoms with Crippen LogP contribution in [0.1, 0.15) is 29.4 Å². The van der Waals surface area contributed by atoms with E-state index in [1.807, 2.05) is 30.5 Å². The molecule has 0 saturated heterocycles. The maximum absolute atomic E-state index is 13.2. The molecule has 0 unspecified atom stereocenters. The number of rotatable bonds is 7. The second-order valence-corrected chi connectivity index (χ2v) is 5.51. The molecule has 1 aromatic carbocycles. The summed E-state index contributed by atoms with van der Waals surface area (Å²) < 4.78 is 13.2. The van der Waals surface area contributed by atoms with Gasteiger partial charge in [-0.2, -0.15) is 0 Å². The Morgan fingerprint density at radius 3 is 2.80 bits per heavy atom. The van der Waals surface area contributed by atoms with Gasteiger partial charge in [0, 0.05) is 25.2 Å². The van der Waals surface area contributed by atoms with Crippen LogP contribution in [0.15, 0.2) is 41.8 Å². The number of nitrogens with zero attached hydrogens (tertiary/aromatic N) is 1. The highest BCUT2D eigenvalue weighted by atomic mass is 32.1. The first kappa shape index (κ1) is 14.7. The molecule has 0 aliphatic carbocycles. The number of thiophene rings is 1. The van der Waals surface area contributed by atoms with E-state index in [2.05, 4.69) is 4.90 Å². The van der Waals surface area contributed by atoms with E-state index in [0.717, 1.165) is 30.1 Å². The largest absolute Gasteiger partial charge is 0.372 e. The fourth-order valence-corrected chi connectivity index (χ4v) is 2.83. The van der Waals surface area contributed by atoms with Crippen LogP contribution in [-0.2, 0) is 0 Å². The number of anilines is 1. The summed E-state index contributed by atoms with van der Waals surface area (Å²) in [7, 11) is 0. The van der Waals surface area contributed by atoms with Gasteiger partial charge in [0.05, 0.1) is 4.88 Å². The molecule has 4 heteroatoms. The lowest BCUT2D eigenvalue weighted by Crippen LogP contribution is -2.24. The summed E-state index contributed by atoms with van der Waals surface area (Å²) in [6.45, 7) is 3.60. The Kier molecular flexibility index (Phi) is 5.30. The van der Waals surface area contributed by atoms with Crippen LogP contribution >= 0.6 is 11.3 Å². The number of Topliss-reactive ketones (excluding diaryl/α,β-unsaturated/α-hetero) is 1. The van der Waals surface area contributed by atoms with E-state index < -0.39 is 0 Å². The highest BCUT2D eigenvalue weighted by Crippen LogP contribution is 2.17. The first-order valence-corrected chi connectivity index (χ1v) is 7.66. The highest BCUT2D eigenvalue weighted by Gasteiger charge is 2.09. The average molecular weight is 291 g/mol. The Labute approximate surface area is 122 Å². The van der Waals surface area contributed by atoms with Crippen LogP contribution in [0.5, 0.6) is 0 Å². The van der Waals surface area contributed by atoms with Gasteiger partial charge in [0.15, 0.2) is 5.78 Å². The molecular formula is C16H18FNOS. The maximum atomic E-state index is 13.2. The first-order valence-electron chi connectivity index (χ1n) is 6.78. The molecule has 0 aliphatic heterocycles. The van der Waals surface area contributed by atoms with Crippen molar-refractivity contribution in [3.8, 4) is 0 Å². The molecule has 1 aromatic heterocycles. The van der Waals surface area contributed by atoms with Gasteiger partial charge in [-0.05, 0) is 43.0 Å². The Balaban J connectivity index is 1.87. The van der Waals surface area contributed by atoms with Crippen LogP contribution in [0.4, 0.5) is 10.1 Å². The van der Waals surface area contributed by atoms with E-state index in [1.54, 1.807) is 6.07 Å². The van der Waals surface area contributed by atoms with E-state index in [0.29, 0.717) is 6.42 Å². The van der Waals surface area contributed by atoms with Gasteiger partial charge in [0.1, 0.15) is 5.82 Å². The normalized spacial score (nSPS) is 10.5. The number of hydrogen-bond acceptors (Lipinski definition) is 3. The predicted octanol–water partition coefficient (Wildman–Crippen LogP) is 4.38. The molecule has 2 aromatic rings. The van der Waals surface area contributed by atoms with E-state index in [4.69, 9.17) is 0 Å². The van der Waals surface area contributed by atoms with Gasteiger partial charge in [-0.25, -0.2) is 4.39 Å². The average Bonchev–Trinajstić information content (AvgIpc) is 2.97. The van der Waals surface area contributed by atoms with Gasteiger partial charge >= 0.3 is 0 Å². The predicted molar refractivity (Wildman–Crippen MR) is 82.2 cm³/mol. The number of hydrogen-bond donors (Lipinski definition) is 0. The van der Waals surface area contributed by atoms with Crippen LogP contribution in [-0.4, -0.2) is 18.9 Å². The molecule has 20 heavy (non-hydrogen) atoms. The van der Waals surface area contributed by atoms with Crippen molar-refractivity contribution in [2.45, 2.75) is 19.8 Å². The van der Waals surface area contributed by atoms with Crippen molar-refractivity contribution in [1.29, 1.82) is 0 Å². The first-order chi connectivity index (χ1) is 9.70. The Hall–Kier alpha value is -1.68. The second-order valence-electron chi connectivity index (χ2n) is 4.56. The Morgan fingerprint density at radius 1 is 1.30 bits per heavy atom. The zero-order valence-electron chi connectivity index (χ0n) is 11.5. The monoisotopic (exact) mass is 291 g/mol. The lowest BCUT2D eigenvalue weighted by molar-refractivity contribution is 0.0984. The summed E-state index contributed by atoms with van der Waals surface area (Å²) in [5, 5.41) is 1.92. The Morgan fingerprint density at radius 2 is 2.15 bits per heavy atom. The molecule has 0 amide bonds.